The molecule has 1 fully saturated rings. The number of benzene rings is 3. The van der Waals surface area contributed by atoms with Crippen molar-refractivity contribution in [2.75, 3.05) is 6.54 Å². The zero-order chi connectivity index (χ0) is 35.3. The molecule has 11 nitrogen and oxygen atoms in total. The third kappa shape index (κ3) is 10.5. The maximum absolute atomic E-state index is 14.2. The van der Waals surface area contributed by atoms with Crippen molar-refractivity contribution in [2.24, 2.45) is 17.4 Å². The van der Waals surface area contributed by atoms with Gasteiger partial charge in [-0.15, -0.1) is 0 Å². The van der Waals surface area contributed by atoms with E-state index >= 15 is 0 Å². The number of amides is 5. The second-order valence-corrected chi connectivity index (χ2v) is 12.8. The van der Waals surface area contributed by atoms with Crippen molar-refractivity contribution >= 4 is 29.5 Å². The molecule has 11 heteroatoms. The molecular weight excluding hydrogens is 620 g/mol. The molecule has 1 saturated heterocycles. The second-order valence-electron chi connectivity index (χ2n) is 12.8. The lowest BCUT2D eigenvalue weighted by Crippen LogP contribution is -2.60. The van der Waals surface area contributed by atoms with Gasteiger partial charge in [0.2, 0.25) is 29.5 Å². The number of rotatable bonds is 16. The fourth-order valence-corrected chi connectivity index (χ4v) is 6.02. The van der Waals surface area contributed by atoms with Crippen LogP contribution in [0.15, 0.2) is 91.0 Å². The fraction of sp³-hybridized carbons (Fsp3) is 0.395. The van der Waals surface area contributed by atoms with Gasteiger partial charge in [0, 0.05) is 25.8 Å². The lowest BCUT2D eigenvalue weighted by molar-refractivity contribution is -0.141. The lowest BCUT2D eigenvalue weighted by atomic mass is 9.98. The van der Waals surface area contributed by atoms with E-state index in [1.165, 1.54) is 4.90 Å². The fourth-order valence-electron chi connectivity index (χ4n) is 6.02. The van der Waals surface area contributed by atoms with Gasteiger partial charge in [-0.05, 0) is 35.4 Å². The highest BCUT2D eigenvalue weighted by molar-refractivity contribution is 5.96. The first-order chi connectivity index (χ1) is 23.6. The predicted octanol–water partition coefficient (Wildman–Crippen LogP) is 2.02. The monoisotopic (exact) mass is 668 g/mol. The zero-order valence-electron chi connectivity index (χ0n) is 28.2. The number of primary amides is 1. The van der Waals surface area contributed by atoms with Gasteiger partial charge in [-0.2, -0.15) is 0 Å². The van der Waals surface area contributed by atoms with Crippen LogP contribution >= 0.6 is 0 Å². The van der Waals surface area contributed by atoms with Crippen molar-refractivity contribution in [3.63, 3.8) is 0 Å². The molecule has 4 rings (SSSR count). The van der Waals surface area contributed by atoms with Crippen molar-refractivity contribution in [3.05, 3.63) is 108 Å². The summed E-state index contributed by atoms with van der Waals surface area (Å²) in [6.07, 6.45) is 2.21. The van der Waals surface area contributed by atoms with E-state index < -0.39 is 59.7 Å². The molecule has 1 aliphatic heterocycles. The molecule has 7 N–H and O–H groups in total. The number of hydrogen-bond donors (Lipinski definition) is 5. The predicted molar refractivity (Wildman–Crippen MR) is 188 cm³/mol. The Morgan fingerprint density at radius 1 is 0.694 bits per heavy atom. The molecule has 0 aliphatic carbocycles. The van der Waals surface area contributed by atoms with Gasteiger partial charge < -0.3 is 32.3 Å². The number of carbonyl (C=O) groups excluding carboxylic acids is 5. The van der Waals surface area contributed by atoms with Crippen molar-refractivity contribution in [1.29, 1.82) is 0 Å². The highest BCUT2D eigenvalue weighted by Gasteiger charge is 2.38. The molecule has 0 saturated carbocycles. The molecule has 1 aliphatic rings. The summed E-state index contributed by atoms with van der Waals surface area (Å²) in [5.74, 6) is -2.73. The minimum atomic E-state index is -1.11. The first-order valence-electron chi connectivity index (χ1n) is 17.0. The molecule has 0 spiro atoms. The normalized spacial score (nSPS) is 17.2. The summed E-state index contributed by atoms with van der Waals surface area (Å²) >= 11 is 0. The largest absolute Gasteiger partial charge is 0.368 e. The van der Waals surface area contributed by atoms with Crippen LogP contribution < -0.4 is 27.4 Å². The maximum atomic E-state index is 14.2. The van der Waals surface area contributed by atoms with Crippen LogP contribution in [-0.4, -0.2) is 71.2 Å². The first kappa shape index (κ1) is 36.8. The van der Waals surface area contributed by atoms with E-state index in [4.69, 9.17) is 11.5 Å². The Bertz CT molecular complexity index is 1550. The Kier molecular flexibility index (Phi) is 13.5. The smallest absolute Gasteiger partial charge is 0.246 e. The number of hydrogen-bond acceptors (Lipinski definition) is 6. The van der Waals surface area contributed by atoms with E-state index in [0.29, 0.717) is 25.8 Å². The summed E-state index contributed by atoms with van der Waals surface area (Å²) in [6, 6.07) is 23.0. The Hall–Kier alpha value is -5.03. The number of nitrogens with two attached hydrogens (primary N) is 2. The topological polar surface area (TPSA) is 177 Å². The SMILES string of the molecule is CC[C@H](C)[C@H](N)C(=O)N[C@@H](Cc1ccccc1)C(=O)N[C@@H](Cc1ccccc1)C(=O)N[C@@H](Cc1ccccc1)C(=O)N1CCC[C@H]1C(N)=O. The van der Waals surface area contributed by atoms with Crippen LogP contribution in [-0.2, 0) is 43.2 Å². The van der Waals surface area contributed by atoms with Crippen molar-refractivity contribution < 1.29 is 24.0 Å². The van der Waals surface area contributed by atoms with Crippen LogP contribution in [0.2, 0.25) is 0 Å². The third-order valence-corrected chi connectivity index (χ3v) is 9.15. The highest BCUT2D eigenvalue weighted by atomic mass is 16.2. The molecule has 1 heterocycles. The minimum absolute atomic E-state index is 0.110. The maximum Gasteiger partial charge on any atom is 0.246 e. The number of nitrogens with one attached hydrogen (secondary N) is 3. The quantitative estimate of drug-likeness (QED) is 0.156. The molecule has 3 aromatic rings. The Morgan fingerprint density at radius 3 is 1.53 bits per heavy atom. The van der Waals surface area contributed by atoms with E-state index in [0.717, 1.165) is 16.7 Å². The average Bonchev–Trinajstić information content (AvgIpc) is 3.62. The van der Waals surface area contributed by atoms with Crippen molar-refractivity contribution in [3.8, 4) is 0 Å². The molecule has 49 heavy (non-hydrogen) atoms. The van der Waals surface area contributed by atoms with Crippen LogP contribution in [0.3, 0.4) is 0 Å². The first-order valence-corrected chi connectivity index (χ1v) is 17.0. The van der Waals surface area contributed by atoms with Gasteiger partial charge >= 0.3 is 0 Å². The van der Waals surface area contributed by atoms with Crippen LogP contribution in [0.25, 0.3) is 0 Å². The van der Waals surface area contributed by atoms with Gasteiger partial charge in [0.05, 0.1) is 6.04 Å². The molecule has 0 bridgehead atoms. The number of carbonyl (C=O) groups is 5. The molecule has 0 aromatic heterocycles. The van der Waals surface area contributed by atoms with E-state index in [9.17, 15) is 24.0 Å². The van der Waals surface area contributed by atoms with Crippen molar-refractivity contribution in [1.82, 2.24) is 20.9 Å². The summed E-state index contributed by atoms with van der Waals surface area (Å²) in [7, 11) is 0. The Balaban J connectivity index is 1.61. The molecule has 0 radical (unpaired) electrons. The summed E-state index contributed by atoms with van der Waals surface area (Å²) in [5.41, 5.74) is 14.2. The Morgan fingerprint density at radius 2 is 1.10 bits per heavy atom. The standard InChI is InChI=1S/C38H48N6O5/c1-3-25(2)33(39)37(48)42-30(23-27-16-9-5-10-17-27)35(46)41-29(22-26-14-7-4-8-15-26)36(47)43-31(24-28-18-11-6-12-19-28)38(49)44-21-13-20-32(44)34(40)45/h4-12,14-19,25,29-33H,3,13,20-24,39H2,1-2H3,(H2,40,45)(H,41,46)(H,42,48)(H,43,47)/t25-,29-,30-,31-,32-,33-/m0/s1. The van der Waals surface area contributed by atoms with Crippen LogP contribution in [0.5, 0.6) is 0 Å². The van der Waals surface area contributed by atoms with Crippen LogP contribution in [0, 0.1) is 5.92 Å². The van der Waals surface area contributed by atoms with Gasteiger partial charge in [-0.3, -0.25) is 24.0 Å². The average molecular weight is 669 g/mol. The van der Waals surface area contributed by atoms with Crippen LogP contribution in [0.4, 0.5) is 0 Å². The van der Waals surface area contributed by atoms with E-state index in [1.807, 2.05) is 105 Å². The van der Waals surface area contributed by atoms with Crippen LogP contribution in [0.1, 0.15) is 49.8 Å². The van der Waals surface area contributed by atoms with Gasteiger partial charge in [0.25, 0.3) is 0 Å². The third-order valence-electron chi connectivity index (χ3n) is 9.15. The molecule has 6 atom stereocenters. The van der Waals surface area contributed by atoms with E-state index in [-0.39, 0.29) is 25.2 Å². The number of likely N-dealkylation sites (tertiary alicyclic amines) is 1. The minimum Gasteiger partial charge on any atom is -0.368 e. The Labute approximate surface area is 288 Å². The van der Waals surface area contributed by atoms with Gasteiger partial charge in [-0.25, -0.2) is 0 Å². The number of nitrogens with zero attached hydrogens (tertiary/aromatic N) is 1. The lowest BCUT2D eigenvalue weighted by Gasteiger charge is -2.30. The summed E-state index contributed by atoms with van der Waals surface area (Å²) < 4.78 is 0. The van der Waals surface area contributed by atoms with E-state index in [1.54, 1.807) is 0 Å². The molecule has 260 valence electrons. The summed E-state index contributed by atoms with van der Waals surface area (Å²) in [4.78, 5) is 68.9. The van der Waals surface area contributed by atoms with Gasteiger partial charge in [-0.1, -0.05) is 111 Å². The van der Waals surface area contributed by atoms with E-state index in [2.05, 4.69) is 16.0 Å². The van der Waals surface area contributed by atoms with Gasteiger partial charge in [0.1, 0.15) is 24.2 Å². The second kappa shape index (κ2) is 17.9. The van der Waals surface area contributed by atoms with Crippen molar-refractivity contribution in [2.45, 2.75) is 82.6 Å². The molecule has 5 amide bonds. The molecular formula is C38H48N6O5. The summed E-state index contributed by atoms with van der Waals surface area (Å²) in [6.45, 7) is 4.15. The molecule has 3 aromatic carbocycles. The van der Waals surface area contributed by atoms with Gasteiger partial charge in [0.15, 0.2) is 0 Å². The highest BCUT2D eigenvalue weighted by Crippen LogP contribution is 2.20. The zero-order valence-corrected chi connectivity index (χ0v) is 28.2. The molecule has 0 unspecified atom stereocenters. The summed E-state index contributed by atoms with van der Waals surface area (Å²) in [5, 5.41) is 8.59.